The molecule has 0 aliphatic carbocycles. The third-order valence-electron chi connectivity index (χ3n) is 4.28. The highest BCUT2D eigenvalue weighted by molar-refractivity contribution is 6.33. The van der Waals surface area contributed by atoms with E-state index in [1.54, 1.807) is 12.1 Å². The van der Waals surface area contributed by atoms with Gasteiger partial charge in [-0.25, -0.2) is 9.18 Å². The Morgan fingerprint density at radius 1 is 1.21 bits per heavy atom. The fourth-order valence-corrected chi connectivity index (χ4v) is 3.06. The van der Waals surface area contributed by atoms with Gasteiger partial charge in [-0.05, 0) is 36.8 Å². The molecule has 1 aromatic heterocycles. The number of methoxy groups -OCH3 is 1. The Kier molecular flexibility index (Phi) is 5.58. The Morgan fingerprint density at radius 2 is 1.89 bits per heavy atom. The van der Waals surface area contributed by atoms with E-state index in [2.05, 4.69) is 9.89 Å². The van der Waals surface area contributed by atoms with E-state index in [4.69, 9.17) is 21.9 Å². The van der Waals surface area contributed by atoms with E-state index >= 15 is 0 Å². The van der Waals surface area contributed by atoms with Gasteiger partial charge in [-0.15, -0.1) is 0 Å². The Hall–Kier alpha value is -3.03. The number of ketones is 1. The number of nitrogens with two attached hydrogens (primary N) is 1. The number of nitrogens with zero attached hydrogens (tertiary/aromatic N) is 1. The number of esters is 1. The van der Waals surface area contributed by atoms with Crippen LogP contribution in [0.25, 0.3) is 11.3 Å². The molecule has 1 unspecified atom stereocenters. The van der Waals surface area contributed by atoms with E-state index in [1.807, 2.05) is 0 Å². The number of aromatic nitrogens is 1. The van der Waals surface area contributed by atoms with Gasteiger partial charge in [-0.2, -0.15) is 0 Å². The lowest BCUT2D eigenvalue weighted by molar-refractivity contribution is 0.0600. The third kappa shape index (κ3) is 3.54. The number of rotatable bonds is 5. The van der Waals surface area contributed by atoms with E-state index < -0.39 is 23.6 Å². The van der Waals surface area contributed by atoms with Gasteiger partial charge in [0.25, 0.3) is 0 Å². The fraction of sp³-hybridized carbons (Fsp3) is 0.150. The highest BCUT2D eigenvalue weighted by Crippen LogP contribution is 2.35. The topological polar surface area (TPSA) is 95.4 Å². The second kappa shape index (κ2) is 7.92. The summed E-state index contributed by atoms with van der Waals surface area (Å²) in [5.74, 6) is -1.46. The molecule has 0 saturated carbocycles. The molecule has 2 aromatic carbocycles. The number of benzene rings is 2. The van der Waals surface area contributed by atoms with Crippen LogP contribution in [0.2, 0.25) is 5.02 Å². The number of Topliss-reactive ketones (excluding diaryl/α,β-unsaturated/α-hetero) is 1. The van der Waals surface area contributed by atoms with E-state index in [9.17, 15) is 14.0 Å². The molecular weight excluding hydrogens is 387 g/mol. The minimum absolute atomic E-state index is 0.00719. The lowest BCUT2D eigenvalue weighted by Gasteiger charge is -2.12. The summed E-state index contributed by atoms with van der Waals surface area (Å²) in [7, 11) is 1.27. The summed E-state index contributed by atoms with van der Waals surface area (Å²) in [6.45, 7) is 1.53. The summed E-state index contributed by atoms with van der Waals surface area (Å²) in [5.41, 5.74) is 6.92. The average Bonchev–Trinajstić information content (AvgIpc) is 3.07. The van der Waals surface area contributed by atoms with Crippen LogP contribution in [-0.4, -0.2) is 24.0 Å². The van der Waals surface area contributed by atoms with Gasteiger partial charge in [0.05, 0.1) is 34.9 Å². The maximum atomic E-state index is 14.3. The number of halogens is 2. The summed E-state index contributed by atoms with van der Waals surface area (Å²) < 4.78 is 24.1. The maximum Gasteiger partial charge on any atom is 0.337 e. The van der Waals surface area contributed by atoms with Crippen LogP contribution in [0.3, 0.4) is 0 Å². The van der Waals surface area contributed by atoms with Gasteiger partial charge in [-0.1, -0.05) is 35.0 Å². The largest absolute Gasteiger partial charge is 0.465 e. The first-order valence-corrected chi connectivity index (χ1v) is 8.61. The molecule has 0 fully saturated rings. The van der Waals surface area contributed by atoms with E-state index in [0.717, 1.165) is 0 Å². The Labute approximate surface area is 165 Å². The lowest BCUT2D eigenvalue weighted by atomic mass is 9.94. The molecule has 0 aliphatic rings. The van der Waals surface area contributed by atoms with Gasteiger partial charge in [0.1, 0.15) is 17.3 Å². The SMILES string of the molecule is COC(=O)c1ccc(C(N)C(=O)c2c(-c3c(F)cccc3Cl)noc2C)cc1. The van der Waals surface area contributed by atoms with E-state index in [1.165, 1.54) is 44.4 Å². The molecule has 28 heavy (non-hydrogen) atoms. The monoisotopic (exact) mass is 402 g/mol. The van der Waals surface area contributed by atoms with Crippen LogP contribution in [0.4, 0.5) is 4.39 Å². The minimum atomic E-state index is -1.07. The van der Waals surface area contributed by atoms with Gasteiger partial charge in [-0.3, -0.25) is 4.79 Å². The van der Waals surface area contributed by atoms with Crippen molar-refractivity contribution in [2.45, 2.75) is 13.0 Å². The predicted octanol–water partition coefficient (Wildman–Crippen LogP) is 4.11. The quantitative estimate of drug-likeness (QED) is 0.509. The van der Waals surface area contributed by atoms with Crippen LogP contribution in [0.15, 0.2) is 47.0 Å². The first kappa shape index (κ1) is 19.7. The molecule has 1 atom stereocenters. The highest BCUT2D eigenvalue weighted by atomic mass is 35.5. The molecule has 0 radical (unpaired) electrons. The smallest absolute Gasteiger partial charge is 0.337 e. The summed E-state index contributed by atoms with van der Waals surface area (Å²) in [6, 6.07) is 9.18. The van der Waals surface area contributed by atoms with Gasteiger partial charge < -0.3 is 15.0 Å². The molecule has 0 saturated heterocycles. The molecule has 3 rings (SSSR count). The summed E-state index contributed by atoms with van der Waals surface area (Å²) in [4.78, 5) is 24.6. The fourth-order valence-electron chi connectivity index (χ4n) is 2.81. The molecule has 6 nitrogen and oxygen atoms in total. The molecule has 0 spiro atoms. The Balaban J connectivity index is 1.99. The normalized spacial score (nSPS) is 11.9. The van der Waals surface area contributed by atoms with Crippen molar-refractivity contribution in [3.8, 4) is 11.3 Å². The zero-order valence-corrected chi connectivity index (χ0v) is 15.8. The minimum Gasteiger partial charge on any atom is -0.465 e. The number of carbonyl (C=O) groups excluding carboxylic acids is 2. The van der Waals surface area contributed by atoms with Gasteiger partial charge >= 0.3 is 5.97 Å². The molecule has 0 aliphatic heterocycles. The van der Waals surface area contributed by atoms with Crippen molar-refractivity contribution < 1.29 is 23.2 Å². The molecule has 3 aromatic rings. The first-order valence-electron chi connectivity index (χ1n) is 8.23. The van der Waals surface area contributed by atoms with Crippen molar-refractivity contribution in [1.29, 1.82) is 0 Å². The zero-order valence-electron chi connectivity index (χ0n) is 15.0. The molecular formula is C20H16ClFN2O4. The number of aryl methyl sites for hydroxylation is 1. The van der Waals surface area contributed by atoms with Gasteiger partial charge in [0.2, 0.25) is 0 Å². The lowest BCUT2D eigenvalue weighted by Crippen LogP contribution is -2.22. The zero-order chi connectivity index (χ0) is 20.4. The predicted molar refractivity (Wildman–Crippen MR) is 101 cm³/mol. The van der Waals surface area contributed by atoms with Crippen molar-refractivity contribution in [2.75, 3.05) is 7.11 Å². The van der Waals surface area contributed by atoms with Crippen LogP contribution < -0.4 is 5.73 Å². The molecule has 1 heterocycles. The molecule has 8 heteroatoms. The Morgan fingerprint density at radius 3 is 2.50 bits per heavy atom. The van der Waals surface area contributed by atoms with E-state index in [0.29, 0.717) is 11.1 Å². The van der Waals surface area contributed by atoms with Crippen LogP contribution in [-0.2, 0) is 4.74 Å². The highest BCUT2D eigenvalue weighted by Gasteiger charge is 2.29. The number of carbonyl (C=O) groups is 2. The third-order valence-corrected chi connectivity index (χ3v) is 4.60. The summed E-state index contributed by atoms with van der Waals surface area (Å²) >= 11 is 6.10. The number of hydrogen-bond donors (Lipinski definition) is 1. The summed E-state index contributed by atoms with van der Waals surface area (Å²) in [5, 5.41) is 3.91. The molecule has 144 valence electrons. The number of hydrogen-bond acceptors (Lipinski definition) is 6. The summed E-state index contributed by atoms with van der Waals surface area (Å²) in [6.07, 6.45) is 0. The first-order chi connectivity index (χ1) is 13.3. The van der Waals surface area contributed by atoms with Crippen LogP contribution >= 0.6 is 11.6 Å². The second-order valence-corrected chi connectivity index (χ2v) is 6.42. The van der Waals surface area contributed by atoms with Crippen molar-refractivity contribution >= 4 is 23.4 Å². The van der Waals surface area contributed by atoms with Crippen molar-refractivity contribution in [1.82, 2.24) is 5.16 Å². The maximum absolute atomic E-state index is 14.3. The standard InChI is InChI=1S/C20H16ClFN2O4/c1-10-15(18(24-28-10)16-13(21)4-3-5-14(16)22)19(25)17(23)11-6-8-12(9-7-11)20(26)27-2/h3-9,17H,23H2,1-2H3. The van der Waals surface area contributed by atoms with Gasteiger partial charge in [0, 0.05) is 0 Å². The van der Waals surface area contributed by atoms with Crippen molar-refractivity contribution in [2.24, 2.45) is 5.73 Å². The molecule has 0 amide bonds. The second-order valence-electron chi connectivity index (χ2n) is 6.01. The van der Waals surface area contributed by atoms with Gasteiger partial charge in [0.15, 0.2) is 5.78 Å². The van der Waals surface area contributed by atoms with Crippen LogP contribution in [0.1, 0.15) is 38.1 Å². The van der Waals surface area contributed by atoms with E-state index in [-0.39, 0.29) is 27.6 Å². The Bertz CT molecular complexity index is 1030. The number of ether oxygens (including phenoxy) is 1. The van der Waals surface area contributed by atoms with Crippen molar-refractivity contribution in [3.05, 3.63) is 75.8 Å². The van der Waals surface area contributed by atoms with Crippen LogP contribution in [0, 0.1) is 12.7 Å². The average molecular weight is 403 g/mol. The van der Waals surface area contributed by atoms with Crippen LogP contribution in [0.5, 0.6) is 0 Å². The molecule has 0 bridgehead atoms. The van der Waals surface area contributed by atoms with Crippen molar-refractivity contribution in [3.63, 3.8) is 0 Å². The molecule has 2 N–H and O–H groups in total.